The molecule has 2 saturated heterocycles. The van der Waals surface area contributed by atoms with E-state index in [9.17, 15) is 9.59 Å². The lowest BCUT2D eigenvalue weighted by Crippen LogP contribution is -2.52. The van der Waals surface area contributed by atoms with Crippen molar-refractivity contribution >= 4 is 34.4 Å². The van der Waals surface area contributed by atoms with Crippen LogP contribution in [-0.4, -0.2) is 75.0 Å². The highest BCUT2D eigenvalue weighted by atomic mass is 32.1. The van der Waals surface area contributed by atoms with Crippen LogP contribution in [0.1, 0.15) is 16.2 Å². The molecule has 3 aromatic heterocycles. The van der Waals surface area contributed by atoms with Crippen molar-refractivity contribution in [1.29, 1.82) is 0 Å². The zero-order chi connectivity index (χ0) is 23.1. The Morgan fingerprint density at radius 1 is 1.06 bits per heavy atom. The lowest BCUT2D eigenvalue weighted by Gasteiger charge is -2.37. The Morgan fingerprint density at radius 3 is 2.76 bits per heavy atom. The summed E-state index contributed by atoms with van der Waals surface area (Å²) in [5.41, 5.74) is 4.05. The lowest BCUT2D eigenvalue weighted by molar-refractivity contribution is -0.117. The highest BCUT2D eigenvalue weighted by Crippen LogP contribution is 2.31. The maximum atomic E-state index is 13.0. The van der Waals surface area contributed by atoms with E-state index in [1.165, 1.54) is 11.3 Å². The number of hydrogen-bond donors (Lipinski definition) is 0. The second-order valence-electron chi connectivity index (χ2n) is 8.67. The van der Waals surface area contributed by atoms with Crippen molar-refractivity contribution in [2.75, 3.05) is 37.6 Å². The van der Waals surface area contributed by atoms with E-state index in [2.05, 4.69) is 27.1 Å². The van der Waals surface area contributed by atoms with Crippen LogP contribution in [0.25, 0.3) is 16.6 Å². The molecule has 4 aromatic rings. The smallest absolute Gasteiger partial charge is 0.282 e. The first-order valence-electron chi connectivity index (χ1n) is 11.4. The van der Waals surface area contributed by atoms with Gasteiger partial charge in [-0.2, -0.15) is 5.10 Å². The van der Waals surface area contributed by atoms with Gasteiger partial charge in [0.25, 0.3) is 5.91 Å². The number of nitrogens with zero attached hydrogens (tertiary/aromatic N) is 6. The average molecular weight is 473 g/mol. The quantitative estimate of drug-likeness (QED) is 0.457. The molecule has 0 spiro atoms. The number of thiazole rings is 1. The Balaban J connectivity index is 1.15. The van der Waals surface area contributed by atoms with E-state index in [0.717, 1.165) is 35.4 Å². The first kappa shape index (κ1) is 21.0. The van der Waals surface area contributed by atoms with Gasteiger partial charge in [0.15, 0.2) is 5.01 Å². The van der Waals surface area contributed by atoms with Crippen molar-refractivity contribution in [3.8, 4) is 11.1 Å². The zero-order valence-corrected chi connectivity index (χ0v) is 19.4. The fraction of sp³-hybridized carbons (Fsp3) is 0.280. The number of carbonyl (C=O) groups is 2. The fourth-order valence-corrected chi connectivity index (χ4v) is 5.54. The maximum absolute atomic E-state index is 13.0. The van der Waals surface area contributed by atoms with Crippen LogP contribution in [0.4, 0.5) is 5.69 Å². The number of hydrogen-bond acceptors (Lipinski definition) is 6. The standard InChI is InChI=1S/C25H24N6O2S/c32-23-15-20(28-9-11-29(12-10-28)25(33)24-26-7-13-34-24)17-30(23)19-5-3-4-18(14-19)21-16-27-31-8-2-1-6-22(21)31/h1-8,13-14,16,20H,9-12,15,17H2. The van der Waals surface area contributed by atoms with Gasteiger partial charge in [-0.1, -0.05) is 18.2 Å². The molecule has 2 aliphatic rings. The van der Waals surface area contributed by atoms with Gasteiger partial charge in [-0.25, -0.2) is 9.50 Å². The molecule has 0 aliphatic carbocycles. The number of pyridine rings is 1. The molecule has 0 N–H and O–H groups in total. The summed E-state index contributed by atoms with van der Waals surface area (Å²) in [7, 11) is 0. The SMILES string of the molecule is O=C(c1nccs1)N1CCN(C2CC(=O)N(c3cccc(-c4cnn5ccccc45)c3)C2)CC1. The first-order chi connectivity index (χ1) is 16.7. The molecule has 34 heavy (non-hydrogen) atoms. The van der Waals surface area contributed by atoms with Crippen molar-refractivity contribution < 1.29 is 9.59 Å². The minimum Gasteiger partial charge on any atom is -0.334 e. The predicted octanol–water partition coefficient (Wildman–Crippen LogP) is 3.02. The minimum absolute atomic E-state index is 0.00304. The fourth-order valence-electron chi connectivity index (χ4n) is 4.94. The van der Waals surface area contributed by atoms with E-state index in [4.69, 9.17) is 0 Å². The number of benzene rings is 1. The molecule has 2 fully saturated rings. The molecule has 172 valence electrons. The normalized spacial score (nSPS) is 19.3. The summed E-state index contributed by atoms with van der Waals surface area (Å²) in [4.78, 5) is 35.8. The number of amides is 2. The van der Waals surface area contributed by atoms with Crippen LogP contribution in [0.2, 0.25) is 0 Å². The summed E-state index contributed by atoms with van der Waals surface area (Å²) >= 11 is 1.38. The summed E-state index contributed by atoms with van der Waals surface area (Å²) in [6.45, 7) is 3.52. The lowest BCUT2D eigenvalue weighted by atomic mass is 10.1. The summed E-state index contributed by atoms with van der Waals surface area (Å²) in [6, 6.07) is 14.3. The van der Waals surface area contributed by atoms with Gasteiger partial charge in [0, 0.05) is 74.2 Å². The van der Waals surface area contributed by atoms with E-state index in [1.54, 1.807) is 6.20 Å². The third-order valence-electron chi connectivity index (χ3n) is 6.73. The Hall–Kier alpha value is -3.56. The summed E-state index contributed by atoms with van der Waals surface area (Å²) in [5.74, 6) is 0.145. The molecular formula is C25H24N6O2S. The van der Waals surface area contributed by atoms with Crippen molar-refractivity contribution in [2.45, 2.75) is 12.5 Å². The van der Waals surface area contributed by atoms with Crippen LogP contribution in [0.15, 0.2) is 66.4 Å². The molecular weight excluding hydrogens is 448 g/mol. The van der Waals surface area contributed by atoms with Gasteiger partial charge in [0.05, 0.1) is 11.7 Å². The van der Waals surface area contributed by atoms with Crippen LogP contribution in [0.3, 0.4) is 0 Å². The van der Waals surface area contributed by atoms with Gasteiger partial charge in [0.1, 0.15) is 0 Å². The van der Waals surface area contributed by atoms with Crippen molar-refractivity contribution in [2.24, 2.45) is 0 Å². The number of aromatic nitrogens is 3. The number of fused-ring (bicyclic) bond motifs is 1. The van der Waals surface area contributed by atoms with Crippen molar-refractivity contribution in [3.63, 3.8) is 0 Å². The second-order valence-corrected chi connectivity index (χ2v) is 9.56. The molecule has 0 saturated carbocycles. The van der Waals surface area contributed by atoms with Gasteiger partial charge in [-0.3, -0.25) is 14.5 Å². The number of carbonyl (C=O) groups excluding carboxylic acids is 2. The summed E-state index contributed by atoms with van der Waals surface area (Å²) in [6.07, 6.45) is 5.97. The van der Waals surface area contributed by atoms with Gasteiger partial charge in [-0.05, 0) is 29.8 Å². The Labute approximate surface area is 201 Å². The first-order valence-corrected chi connectivity index (χ1v) is 12.3. The zero-order valence-electron chi connectivity index (χ0n) is 18.6. The van der Waals surface area contributed by atoms with Crippen LogP contribution in [0, 0.1) is 0 Å². The average Bonchev–Trinajstić information content (AvgIpc) is 3.64. The van der Waals surface area contributed by atoms with Gasteiger partial charge >= 0.3 is 0 Å². The summed E-state index contributed by atoms with van der Waals surface area (Å²) in [5, 5.41) is 6.81. The maximum Gasteiger partial charge on any atom is 0.282 e. The van der Waals surface area contributed by atoms with Gasteiger partial charge < -0.3 is 9.80 Å². The van der Waals surface area contributed by atoms with Crippen molar-refractivity contribution in [1.82, 2.24) is 24.4 Å². The van der Waals surface area contributed by atoms with E-state index in [0.29, 0.717) is 31.1 Å². The van der Waals surface area contributed by atoms with Crippen LogP contribution < -0.4 is 4.90 Å². The van der Waals surface area contributed by atoms with E-state index < -0.39 is 0 Å². The monoisotopic (exact) mass is 472 g/mol. The highest BCUT2D eigenvalue weighted by Gasteiger charge is 2.36. The molecule has 1 aromatic carbocycles. The Kier molecular flexibility index (Phi) is 5.35. The van der Waals surface area contributed by atoms with E-state index in [-0.39, 0.29) is 17.9 Å². The minimum atomic E-state index is 0.00304. The number of piperazine rings is 1. The van der Waals surface area contributed by atoms with E-state index >= 15 is 0 Å². The highest BCUT2D eigenvalue weighted by molar-refractivity contribution is 7.11. The topological polar surface area (TPSA) is 74.1 Å². The molecule has 1 atom stereocenters. The molecule has 8 nitrogen and oxygen atoms in total. The second kappa shape index (κ2) is 8.66. The van der Waals surface area contributed by atoms with Crippen LogP contribution in [0.5, 0.6) is 0 Å². The number of rotatable bonds is 4. The molecule has 5 heterocycles. The molecule has 1 unspecified atom stereocenters. The van der Waals surface area contributed by atoms with Crippen molar-refractivity contribution in [3.05, 3.63) is 71.4 Å². The molecule has 6 rings (SSSR count). The third kappa shape index (κ3) is 3.76. The molecule has 0 radical (unpaired) electrons. The van der Waals surface area contributed by atoms with Gasteiger partial charge in [-0.15, -0.1) is 11.3 Å². The summed E-state index contributed by atoms with van der Waals surface area (Å²) < 4.78 is 1.86. The van der Waals surface area contributed by atoms with Crippen LogP contribution >= 0.6 is 11.3 Å². The van der Waals surface area contributed by atoms with Crippen LogP contribution in [-0.2, 0) is 4.79 Å². The molecule has 2 amide bonds. The number of anilines is 1. The largest absolute Gasteiger partial charge is 0.334 e. The predicted molar refractivity (Wildman–Crippen MR) is 131 cm³/mol. The third-order valence-corrected chi connectivity index (χ3v) is 7.49. The Morgan fingerprint density at radius 2 is 1.94 bits per heavy atom. The van der Waals surface area contributed by atoms with Gasteiger partial charge in [0.2, 0.25) is 5.91 Å². The molecule has 0 bridgehead atoms. The molecule has 9 heteroatoms. The van der Waals surface area contributed by atoms with E-state index in [1.807, 2.05) is 62.4 Å². The molecule has 2 aliphatic heterocycles. The Bertz CT molecular complexity index is 1340.